The molecule has 0 saturated heterocycles. The number of nitrogens with two attached hydrogens (primary N) is 1. The molecular formula is C13H14N2O2. The van der Waals surface area contributed by atoms with Crippen LogP contribution in [-0.2, 0) is 4.79 Å². The molecule has 0 unspecified atom stereocenters. The normalized spacial score (nSPS) is 12.3. The Bertz CT molecular complexity index is 540. The summed E-state index contributed by atoms with van der Waals surface area (Å²) in [4.78, 5) is 10.6. The lowest BCUT2D eigenvalue weighted by molar-refractivity contribution is -0.138. The van der Waals surface area contributed by atoms with Crippen LogP contribution in [0, 0.1) is 0 Å². The summed E-state index contributed by atoms with van der Waals surface area (Å²) in [6.45, 7) is 0.216. The molecule has 2 aromatic carbocycles. The van der Waals surface area contributed by atoms with E-state index in [1.807, 2.05) is 42.5 Å². The van der Waals surface area contributed by atoms with E-state index in [-0.39, 0.29) is 6.54 Å². The highest BCUT2D eigenvalue weighted by molar-refractivity contribution is 5.85. The first-order chi connectivity index (χ1) is 8.16. The first kappa shape index (κ1) is 11.4. The number of rotatable bonds is 4. The Morgan fingerprint density at radius 3 is 2.65 bits per heavy atom. The third-order valence-corrected chi connectivity index (χ3v) is 2.59. The van der Waals surface area contributed by atoms with E-state index in [0.717, 1.165) is 16.5 Å². The van der Waals surface area contributed by atoms with Gasteiger partial charge < -0.3 is 16.2 Å². The molecule has 0 aliphatic carbocycles. The molecule has 17 heavy (non-hydrogen) atoms. The predicted octanol–water partition coefficient (Wildman–Crippen LogP) is 1.66. The van der Waals surface area contributed by atoms with Crippen LogP contribution in [0.1, 0.15) is 0 Å². The van der Waals surface area contributed by atoms with Crippen LogP contribution in [0.15, 0.2) is 42.5 Å². The largest absolute Gasteiger partial charge is 0.480 e. The summed E-state index contributed by atoms with van der Waals surface area (Å²) in [5.74, 6) is -1.00. The number of carbonyl (C=O) groups is 1. The summed E-state index contributed by atoms with van der Waals surface area (Å²) >= 11 is 0. The fraction of sp³-hybridized carbons (Fsp3) is 0.154. The van der Waals surface area contributed by atoms with Gasteiger partial charge in [0.05, 0.1) is 0 Å². The lowest BCUT2D eigenvalue weighted by Crippen LogP contribution is -2.36. The molecule has 0 aromatic heterocycles. The van der Waals surface area contributed by atoms with Gasteiger partial charge in [0, 0.05) is 12.2 Å². The van der Waals surface area contributed by atoms with Gasteiger partial charge in [-0.25, -0.2) is 0 Å². The van der Waals surface area contributed by atoms with E-state index in [1.165, 1.54) is 0 Å². The molecule has 2 rings (SSSR count). The number of fused-ring (bicyclic) bond motifs is 1. The number of carboxylic acid groups (broad SMARTS) is 1. The molecule has 4 nitrogen and oxygen atoms in total. The second-order valence-electron chi connectivity index (χ2n) is 3.89. The molecule has 0 heterocycles. The van der Waals surface area contributed by atoms with Crippen molar-refractivity contribution < 1.29 is 9.90 Å². The van der Waals surface area contributed by atoms with Gasteiger partial charge in [0.15, 0.2) is 0 Å². The third-order valence-electron chi connectivity index (χ3n) is 2.59. The Morgan fingerprint density at radius 2 is 1.94 bits per heavy atom. The van der Waals surface area contributed by atoms with Gasteiger partial charge in [-0.2, -0.15) is 0 Å². The van der Waals surface area contributed by atoms with E-state index in [0.29, 0.717) is 0 Å². The Hall–Kier alpha value is -2.07. The van der Waals surface area contributed by atoms with Gasteiger partial charge in [0.1, 0.15) is 6.04 Å². The minimum absolute atomic E-state index is 0.216. The average Bonchev–Trinajstić information content (AvgIpc) is 2.35. The topological polar surface area (TPSA) is 75.3 Å². The van der Waals surface area contributed by atoms with Crippen molar-refractivity contribution in [2.45, 2.75) is 6.04 Å². The van der Waals surface area contributed by atoms with Gasteiger partial charge in [0.25, 0.3) is 0 Å². The number of nitrogens with one attached hydrogen (secondary N) is 1. The van der Waals surface area contributed by atoms with Gasteiger partial charge in [-0.15, -0.1) is 0 Å². The van der Waals surface area contributed by atoms with Gasteiger partial charge >= 0.3 is 5.97 Å². The van der Waals surface area contributed by atoms with E-state index in [1.54, 1.807) is 0 Å². The molecule has 2 aromatic rings. The van der Waals surface area contributed by atoms with Crippen LogP contribution in [0.3, 0.4) is 0 Å². The number of carboxylic acids is 1. The summed E-state index contributed by atoms with van der Waals surface area (Å²) in [5.41, 5.74) is 6.29. The number of hydrogen-bond donors (Lipinski definition) is 3. The van der Waals surface area contributed by atoms with E-state index in [9.17, 15) is 4.79 Å². The van der Waals surface area contributed by atoms with Crippen LogP contribution < -0.4 is 11.1 Å². The molecule has 4 N–H and O–H groups in total. The zero-order valence-corrected chi connectivity index (χ0v) is 9.26. The highest BCUT2D eigenvalue weighted by atomic mass is 16.4. The Balaban J connectivity index is 2.12. The van der Waals surface area contributed by atoms with Crippen molar-refractivity contribution in [3.63, 3.8) is 0 Å². The van der Waals surface area contributed by atoms with Crippen molar-refractivity contribution in [3.05, 3.63) is 42.5 Å². The molecular weight excluding hydrogens is 216 g/mol. The maximum absolute atomic E-state index is 10.6. The maximum Gasteiger partial charge on any atom is 0.322 e. The summed E-state index contributed by atoms with van der Waals surface area (Å²) in [5, 5.41) is 13.9. The van der Waals surface area contributed by atoms with E-state index < -0.39 is 12.0 Å². The maximum atomic E-state index is 10.6. The lowest BCUT2D eigenvalue weighted by atomic mass is 10.1. The van der Waals surface area contributed by atoms with Crippen LogP contribution in [0.2, 0.25) is 0 Å². The Labute approximate surface area is 99.1 Å². The SMILES string of the molecule is N[C@@H](CNc1ccc2ccccc2c1)C(=O)O. The monoisotopic (exact) mass is 230 g/mol. The number of hydrogen-bond acceptors (Lipinski definition) is 3. The van der Waals surface area contributed by atoms with Crippen molar-refractivity contribution in [2.24, 2.45) is 5.73 Å². The van der Waals surface area contributed by atoms with Gasteiger partial charge in [-0.05, 0) is 22.9 Å². The fourth-order valence-electron chi connectivity index (χ4n) is 1.61. The Morgan fingerprint density at radius 1 is 1.24 bits per heavy atom. The third kappa shape index (κ3) is 2.73. The quantitative estimate of drug-likeness (QED) is 0.746. The van der Waals surface area contributed by atoms with Gasteiger partial charge in [-0.3, -0.25) is 4.79 Å². The van der Waals surface area contributed by atoms with Crippen LogP contribution in [-0.4, -0.2) is 23.7 Å². The van der Waals surface area contributed by atoms with Crippen LogP contribution in [0.4, 0.5) is 5.69 Å². The second-order valence-corrected chi connectivity index (χ2v) is 3.89. The van der Waals surface area contributed by atoms with E-state index in [4.69, 9.17) is 10.8 Å². The Kier molecular flexibility index (Phi) is 3.25. The summed E-state index contributed by atoms with van der Waals surface area (Å²) < 4.78 is 0. The second kappa shape index (κ2) is 4.84. The highest BCUT2D eigenvalue weighted by Gasteiger charge is 2.10. The molecule has 0 spiro atoms. The van der Waals surface area contributed by atoms with E-state index in [2.05, 4.69) is 5.32 Å². The molecule has 0 aliphatic rings. The standard InChI is InChI=1S/C13H14N2O2/c14-12(13(16)17)8-15-11-6-5-9-3-1-2-4-10(9)7-11/h1-7,12,15H,8,14H2,(H,16,17)/t12-/m0/s1. The number of anilines is 1. The van der Waals surface area contributed by atoms with Crippen molar-refractivity contribution in [3.8, 4) is 0 Å². The van der Waals surface area contributed by atoms with Gasteiger partial charge in [-0.1, -0.05) is 30.3 Å². The zero-order chi connectivity index (χ0) is 12.3. The van der Waals surface area contributed by atoms with Crippen molar-refractivity contribution >= 4 is 22.4 Å². The predicted molar refractivity (Wildman–Crippen MR) is 68.0 cm³/mol. The molecule has 0 radical (unpaired) electrons. The minimum Gasteiger partial charge on any atom is -0.480 e. The highest BCUT2D eigenvalue weighted by Crippen LogP contribution is 2.18. The molecule has 0 saturated carbocycles. The fourth-order valence-corrected chi connectivity index (χ4v) is 1.61. The van der Waals surface area contributed by atoms with Crippen molar-refractivity contribution in [1.29, 1.82) is 0 Å². The summed E-state index contributed by atoms with van der Waals surface area (Å²) in [6.07, 6.45) is 0. The number of benzene rings is 2. The average molecular weight is 230 g/mol. The molecule has 0 amide bonds. The van der Waals surface area contributed by atoms with Crippen LogP contribution in [0.5, 0.6) is 0 Å². The van der Waals surface area contributed by atoms with Crippen molar-refractivity contribution in [2.75, 3.05) is 11.9 Å². The minimum atomic E-state index is -1.00. The number of aliphatic carboxylic acids is 1. The molecule has 88 valence electrons. The lowest BCUT2D eigenvalue weighted by Gasteiger charge is -2.10. The zero-order valence-electron chi connectivity index (χ0n) is 9.26. The molecule has 0 fully saturated rings. The molecule has 0 bridgehead atoms. The molecule has 1 atom stereocenters. The van der Waals surface area contributed by atoms with Crippen molar-refractivity contribution in [1.82, 2.24) is 0 Å². The summed E-state index contributed by atoms with van der Waals surface area (Å²) in [6, 6.07) is 13.0. The van der Waals surface area contributed by atoms with Crippen LogP contribution in [0.25, 0.3) is 10.8 Å². The first-order valence-electron chi connectivity index (χ1n) is 5.38. The molecule has 0 aliphatic heterocycles. The summed E-state index contributed by atoms with van der Waals surface area (Å²) in [7, 11) is 0. The first-order valence-corrected chi connectivity index (χ1v) is 5.38. The van der Waals surface area contributed by atoms with Crippen LogP contribution >= 0.6 is 0 Å². The van der Waals surface area contributed by atoms with E-state index >= 15 is 0 Å². The smallest absolute Gasteiger partial charge is 0.322 e. The van der Waals surface area contributed by atoms with Gasteiger partial charge in [0.2, 0.25) is 0 Å². The molecule has 4 heteroatoms.